The number of nitrogens with zero attached hydrogens (tertiary/aromatic N) is 3. The summed E-state index contributed by atoms with van der Waals surface area (Å²) in [6.07, 6.45) is 1.30. The van der Waals surface area contributed by atoms with E-state index in [0.717, 1.165) is 29.9 Å². The molecular weight excluding hydrogens is 226 g/mol. The quantitative estimate of drug-likeness (QED) is 0.770. The fraction of sp³-hybridized carbons (Fsp3) is 0.429. The normalized spacial score (nSPS) is 23.4. The molecular formula is C14H15N3O. The van der Waals surface area contributed by atoms with Crippen molar-refractivity contribution in [1.82, 2.24) is 9.55 Å². The van der Waals surface area contributed by atoms with E-state index < -0.39 is 0 Å². The van der Waals surface area contributed by atoms with Gasteiger partial charge < -0.3 is 9.30 Å². The summed E-state index contributed by atoms with van der Waals surface area (Å²) in [4.78, 5) is 4.66. The molecule has 0 N–H and O–H groups in total. The van der Waals surface area contributed by atoms with Gasteiger partial charge in [-0.05, 0) is 25.5 Å². The third-order valence-corrected chi connectivity index (χ3v) is 3.63. The van der Waals surface area contributed by atoms with Crippen LogP contribution in [0.4, 0.5) is 0 Å². The minimum absolute atomic E-state index is 0.297. The molecule has 1 fully saturated rings. The highest BCUT2D eigenvalue weighted by molar-refractivity contribution is 5.82. The monoisotopic (exact) mass is 241 g/mol. The molecule has 4 nitrogen and oxygen atoms in total. The fourth-order valence-corrected chi connectivity index (χ4v) is 2.68. The number of para-hydroxylation sites is 1. The summed E-state index contributed by atoms with van der Waals surface area (Å²) in [6.45, 7) is 2.81. The number of nitriles is 1. The average Bonchev–Trinajstić information content (AvgIpc) is 2.94. The molecule has 1 aliphatic rings. The minimum atomic E-state index is 0.297. The van der Waals surface area contributed by atoms with Crippen molar-refractivity contribution in [3.8, 4) is 6.07 Å². The summed E-state index contributed by atoms with van der Waals surface area (Å²) >= 11 is 0. The summed E-state index contributed by atoms with van der Waals surface area (Å²) in [5.74, 6) is 1.36. The molecule has 0 amide bonds. The summed E-state index contributed by atoms with van der Waals surface area (Å²) in [5.41, 5.74) is 2.46. The van der Waals surface area contributed by atoms with Crippen LogP contribution in [0.1, 0.15) is 30.7 Å². The Bertz CT molecular complexity index is 638. The summed E-state index contributed by atoms with van der Waals surface area (Å²) in [6, 6.07) is 7.92. The van der Waals surface area contributed by atoms with Crippen LogP contribution in [0.5, 0.6) is 0 Å². The molecule has 3 rings (SSSR count). The van der Waals surface area contributed by atoms with E-state index in [-0.39, 0.29) is 0 Å². The Morgan fingerprint density at radius 3 is 3.00 bits per heavy atom. The molecule has 0 aliphatic carbocycles. The van der Waals surface area contributed by atoms with Crippen molar-refractivity contribution in [2.75, 3.05) is 6.61 Å². The summed E-state index contributed by atoms with van der Waals surface area (Å²) < 4.78 is 7.69. The van der Waals surface area contributed by atoms with Gasteiger partial charge in [0.2, 0.25) is 0 Å². The molecule has 0 radical (unpaired) electrons. The molecule has 0 saturated carbocycles. The largest absolute Gasteiger partial charge is 0.378 e. The zero-order chi connectivity index (χ0) is 12.7. The van der Waals surface area contributed by atoms with Crippen LogP contribution in [0.25, 0.3) is 11.0 Å². The van der Waals surface area contributed by atoms with E-state index in [0.29, 0.717) is 17.6 Å². The Morgan fingerprint density at radius 1 is 1.50 bits per heavy atom. The maximum absolute atomic E-state index is 9.12. The van der Waals surface area contributed by atoms with Gasteiger partial charge in [0.25, 0.3) is 0 Å². The molecule has 2 atom stereocenters. The third-order valence-electron chi connectivity index (χ3n) is 3.63. The second kappa shape index (κ2) is 4.11. The number of aromatic nitrogens is 2. The highest BCUT2D eigenvalue weighted by Crippen LogP contribution is 2.31. The van der Waals surface area contributed by atoms with E-state index in [2.05, 4.69) is 22.5 Å². The molecule has 1 aromatic carbocycles. The zero-order valence-electron chi connectivity index (χ0n) is 10.6. The number of fused-ring (bicyclic) bond motifs is 1. The van der Waals surface area contributed by atoms with Gasteiger partial charge in [-0.3, -0.25) is 0 Å². The zero-order valence-corrected chi connectivity index (χ0v) is 10.6. The Kier molecular flexibility index (Phi) is 2.57. The van der Waals surface area contributed by atoms with Crippen LogP contribution in [0.2, 0.25) is 0 Å². The molecule has 18 heavy (non-hydrogen) atoms. The van der Waals surface area contributed by atoms with Crippen molar-refractivity contribution in [2.45, 2.75) is 25.4 Å². The van der Waals surface area contributed by atoms with Crippen molar-refractivity contribution >= 4 is 11.0 Å². The van der Waals surface area contributed by atoms with E-state index >= 15 is 0 Å². The molecule has 0 bridgehead atoms. The third kappa shape index (κ3) is 1.59. The van der Waals surface area contributed by atoms with Crippen LogP contribution < -0.4 is 0 Å². The smallest absolute Gasteiger partial charge is 0.115 e. The number of rotatable bonds is 1. The van der Waals surface area contributed by atoms with Crippen molar-refractivity contribution in [1.29, 1.82) is 5.26 Å². The average molecular weight is 241 g/mol. The topological polar surface area (TPSA) is 50.8 Å². The van der Waals surface area contributed by atoms with Crippen LogP contribution in [0.3, 0.4) is 0 Å². The Morgan fingerprint density at radius 2 is 2.33 bits per heavy atom. The number of imidazole rings is 1. The lowest BCUT2D eigenvalue weighted by Crippen LogP contribution is -2.06. The van der Waals surface area contributed by atoms with E-state index in [4.69, 9.17) is 10.00 Å². The molecule has 2 unspecified atom stereocenters. The summed E-state index contributed by atoms with van der Waals surface area (Å²) in [5, 5.41) is 9.12. The molecule has 2 heterocycles. The molecule has 4 heteroatoms. The number of hydrogen-bond donors (Lipinski definition) is 0. The highest BCUT2D eigenvalue weighted by atomic mass is 16.5. The number of ether oxygens (including phenoxy) is 1. The van der Waals surface area contributed by atoms with Crippen LogP contribution in [0.15, 0.2) is 18.2 Å². The van der Waals surface area contributed by atoms with Gasteiger partial charge in [0, 0.05) is 13.0 Å². The molecule has 0 spiro atoms. The molecule has 1 aromatic heterocycles. The number of hydrogen-bond acceptors (Lipinski definition) is 3. The molecule has 1 saturated heterocycles. The van der Waals surface area contributed by atoms with Gasteiger partial charge in [0.15, 0.2) is 0 Å². The first-order valence-electron chi connectivity index (χ1n) is 6.17. The predicted octanol–water partition coefficient (Wildman–Crippen LogP) is 2.34. The second-order valence-corrected chi connectivity index (χ2v) is 4.89. The SMILES string of the molecule is CC1CC(c2nc3c(C#N)cccc3n2C)CO1. The number of aryl methyl sites for hydroxylation is 1. The fourth-order valence-electron chi connectivity index (χ4n) is 2.68. The van der Waals surface area contributed by atoms with Crippen LogP contribution >= 0.6 is 0 Å². The van der Waals surface area contributed by atoms with Crippen LogP contribution in [-0.4, -0.2) is 22.3 Å². The van der Waals surface area contributed by atoms with Gasteiger partial charge in [0.1, 0.15) is 17.4 Å². The van der Waals surface area contributed by atoms with Crippen molar-refractivity contribution in [3.63, 3.8) is 0 Å². The van der Waals surface area contributed by atoms with E-state index in [9.17, 15) is 0 Å². The van der Waals surface area contributed by atoms with Gasteiger partial charge in [-0.1, -0.05) is 6.07 Å². The number of benzene rings is 1. The predicted molar refractivity (Wildman–Crippen MR) is 68.2 cm³/mol. The van der Waals surface area contributed by atoms with Gasteiger partial charge in [-0.2, -0.15) is 5.26 Å². The lowest BCUT2D eigenvalue weighted by molar-refractivity contribution is 0.123. The first-order chi connectivity index (χ1) is 8.70. The van der Waals surface area contributed by atoms with Gasteiger partial charge >= 0.3 is 0 Å². The Labute approximate surface area is 106 Å². The van der Waals surface area contributed by atoms with E-state index in [1.165, 1.54) is 0 Å². The lowest BCUT2D eigenvalue weighted by Gasteiger charge is -2.07. The van der Waals surface area contributed by atoms with Gasteiger partial charge in [-0.15, -0.1) is 0 Å². The maximum atomic E-state index is 9.12. The second-order valence-electron chi connectivity index (χ2n) is 4.89. The standard InChI is InChI=1S/C14H15N3O/c1-9-6-11(8-18-9)14-16-13-10(7-15)4-3-5-12(13)17(14)2/h3-5,9,11H,6,8H2,1-2H3. The van der Waals surface area contributed by atoms with Crippen LogP contribution in [-0.2, 0) is 11.8 Å². The molecule has 1 aliphatic heterocycles. The maximum Gasteiger partial charge on any atom is 0.115 e. The minimum Gasteiger partial charge on any atom is -0.378 e. The first-order valence-corrected chi connectivity index (χ1v) is 6.17. The first kappa shape index (κ1) is 11.2. The highest BCUT2D eigenvalue weighted by Gasteiger charge is 2.27. The van der Waals surface area contributed by atoms with Gasteiger partial charge in [0.05, 0.1) is 23.8 Å². The van der Waals surface area contributed by atoms with Crippen LogP contribution in [0, 0.1) is 11.3 Å². The molecule has 92 valence electrons. The van der Waals surface area contributed by atoms with Crippen molar-refractivity contribution < 1.29 is 4.74 Å². The summed E-state index contributed by atoms with van der Waals surface area (Å²) in [7, 11) is 2.01. The van der Waals surface area contributed by atoms with Crippen molar-refractivity contribution in [2.24, 2.45) is 7.05 Å². The van der Waals surface area contributed by atoms with Gasteiger partial charge in [-0.25, -0.2) is 4.98 Å². The Balaban J connectivity index is 2.14. The van der Waals surface area contributed by atoms with E-state index in [1.54, 1.807) is 0 Å². The molecule has 2 aromatic rings. The Hall–Kier alpha value is -1.86. The van der Waals surface area contributed by atoms with E-state index in [1.807, 2.05) is 25.2 Å². The van der Waals surface area contributed by atoms with Crippen molar-refractivity contribution in [3.05, 3.63) is 29.6 Å². The lowest BCUT2D eigenvalue weighted by atomic mass is 10.1.